The smallest absolute Gasteiger partial charge is 0.254 e. The lowest BCUT2D eigenvalue weighted by Crippen LogP contribution is -2.45. The van der Waals surface area contributed by atoms with Gasteiger partial charge in [-0.2, -0.15) is 0 Å². The van der Waals surface area contributed by atoms with Crippen molar-refractivity contribution in [1.82, 2.24) is 5.32 Å². The second-order valence-electron chi connectivity index (χ2n) is 3.99. The molecule has 0 aromatic heterocycles. The Hall–Kier alpha value is -1.63. The third-order valence-corrected chi connectivity index (χ3v) is 2.66. The van der Waals surface area contributed by atoms with Crippen LogP contribution < -0.4 is 16.4 Å². The van der Waals surface area contributed by atoms with Crippen LogP contribution in [0.2, 0.25) is 0 Å². The van der Waals surface area contributed by atoms with Gasteiger partial charge < -0.3 is 21.1 Å². The van der Waals surface area contributed by atoms with Crippen molar-refractivity contribution in [2.75, 3.05) is 25.0 Å². The molecule has 0 bridgehead atoms. The van der Waals surface area contributed by atoms with Crippen molar-refractivity contribution < 1.29 is 14.3 Å². The summed E-state index contributed by atoms with van der Waals surface area (Å²) >= 11 is 0. The van der Waals surface area contributed by atoms with Gasteiger partial charge in [0.2, 0.25) is 5.91 Å². The fourth-order valence-electron chi connectivity index (χ4n) is 1.67. The third kappa shape index (κ3) is 4.20. The van der Waals surface area contributed by atoms with Crippen LogP contribution in [0, 0.1) is 0 Å². The topological polar surface area (TPSA) is 93.5 Å². The van der Waals surface area contributed by atoms with Crippen LogP contribution in [0.3, 0.4) is 0 Å². The van der Waals surface area contributed by atoms with Crippen molar-refractivity contribution in [2.45, 2.75) is 6.10 Å². The van der Waals surface area contributed by atoms with Gasteiger partial charge >= 0.3 is 0 Å². The Kier molecular flexibility index (Phi) is 5.75. The fraction of sp³-hybridized carbons (Fsp3) is 0.333. The van der Waals surface area contributed by atoms with E-state index < -0.39 is 12.0 Å². The highest BCUT2D eigenvalue weighted by atomic mass is 35.5. The van der Waals surface area contributed by atoms with E-state index >= 15 is 0 Å². The van der Waals surface area contributed by atoms with Gasteiger partial charge in [0.25, 0.3) is 5.91 Å². The molecule has 19 heavy (non-hydrogen) atoms. The van der Waals surface area contributed by atoms with Crippen molar-refractivity contribution in [3.05, 3.63) is 29.8 Å². The quantitative estimate of drug-likeness (QED) is 0.736. The van der Waals surface area contributed by atoms with E-state index in [0.29, 0.717) is 24.4 Å². The molecule has 1 heterocycles. The summed E-state index contributed by atoms with van der Waals surface area (Å²) in [6.45, 7) is 1.79. The number of carbonyl (C=O) groups is 2. The van der Waals surface area contributed by atoms with E-state index in [9.17, 15) is 9.59 Å². The Morgan fingerprint density at radius 3 is 2.53 bits per heavy atom. The number of nitrogens with one attached hydrogen (secondary N) is 2. The summed E-state index contributed by atoms with van der Waals surface area (Å²) in [5, 5.41) is 5.80. The maximum atomic E-state index is 11.8. The molecule has 1 fully saturated rings. The molecule has 6 nitrogen and oxygen atoms in total. The van der Waals surface area contributed by atoms with Crippen molar-refractivity contribution in [1.29, 1.82) is 0 Å². The van der Waals surface area contributed by atoms with Crippen LogP contribution in [0.1, 0.15) is 10.4 Å². The van der Waals surface area contributed by atoms with E-state index in [0.717, 1.165) is 6.54 Å². The van der Waals surface area contributed by atoms with Gasteiger partial charge in [0.1, 0.15) is 6.10 Å². The standard InChI is InChI=1S/C12H15N3O3.ClH/c13-11(16)8-1-3-9(4-2-8)15-12(17)10-7-14-5-6-18-10;/h1-4,10,14H,5-7H2,(H2,13,16)(H,15,17);1H. The fourth-order valence-corrected chi connectivity index (χ4v) is 1.67. The van der Waals surface area contributed by atoms with Crippen molar-refractivity contribution >= 4 is 29.9 Å². The Morgan fingerprint density at radius 1 is 1.32 bits per heavy atom. The van der Waals surface area contributed by atoms with Gasteiger partial charge in [-0.05, 0) is 24.3 Å². The molecule has 2 amide bonds. The first-order valence-corrected chi connectivity index (χ1v) is 5.70. The molecule has 1 atom stereocenters. The summed E-state index contributed by atoms with van der Waals surface area (Å²) in [5.41, 5.74) is 6.14. The number of ether oxygens (including phenoxy) is 1. The molecule has 0 radical (unpaired) electrons. The largest absolute Gasteiger partial charge is 0.366 e. The number of hydrogen-bond acceptors (Lipinski definition) is 4. The van der Waals surface area contributed by atoms with Gasteiger partial charge in [0.15, 0.2) is 0 Å². The first kappa shape index (κ1) is 15.4. The van der Waals surface area contributed by atoms with Crippen LogP contribution in [-0.2, 0) is 9.53 Å². The predicted octanol–water partition coefficient (Wildman–Crippen LogP) is 0.134. The lowest BCUT2D eigenvalue weighted by atomic mass is 10.2. The zero-order chi connectivity index (χ0) is 13.0. The Labute approximate surface area is 117 Å². The van der Waals surface area contributed by atoms with E-state index in [4.69, 9.17) is 10.5 Å². The van der Waals surface area contributed by atoms with E-state index in [2.05, 4.69) is 10.6 Å². The first-order valence-electron chi connectivity index (χ1n) is 5.70. The zero-order valence-electron chi connectivity index (χ0n) is 10.2. The summed E-state index contributed by atoms with van der Waals surface area (Å²) < 4.78 is 5.33. The number of hydrogen-bond donors (Lipinski definition) is 3. The lowest BCUT2D eigenvalue weighted by Gasteiger charge is -2.22. The maximum Gasteiger partial charge on any atom is 0.254 e. The van der Waals surface area contributed by atoms with Crippen LogP contribution >= 0.6 is 12.4 Å². The highest BCUT2D eigenvalue weighted by Gasteiger charge is 2.21. The molecule has 0 spiro atoms. The number of primary amides is 1. The molecular weight excluding hydrogens is 270 g/mol. The maximum absolute atomic E-state index is 11.8. The van der Waals surface area contributed by atoms with Crippen LogP contribution in [-0.4, -0.2) is 37.6 Å². The number of amides is 2. The molecule has 1 aromatic rings. The number of benzene rings is 1. The lowest BCUT2D eigenvalue weighted by molar-refractivity contribution is -0.128. The van der Waals surface area contributed by atoms with E-state index in [1.54, 1.807) is 24.3 Å². The van der Waals surface area contributed by atoms with Gasteiger partial charge in [0, 0.05) is 24.3 Å². The van der Waals surface area contributed by atoms with Gasteiger partial charge in [-0.1, -0.05) is 0 Å². The van der Waals surface area contributed by atoms with Gasteiger partial charge in [-0.3, -0.25) is 9.59 Å². The number of rotatable bonds is 3. The minimum atomic E-state index is -0.493. The molecule has 0 saturated carbocycles. The van der Waals surface area contributed by atoms with Gasteiger partial charge in [-0.15, -0.1) is 12.4 Å². The second-order valence-corrected chi connectivity index (χ2v) is 3.99. The molecule has 1 aliphatic heterocycles. The zero-order valence-corrected chi connectivity index (χ0v) is 11.0. The van der Waals surface area contributed by atoms with Crippen LogP contribution in [0.4, 0.5) is 5.69 Å². The van der Waals surface area contributed by atoms with Crippen molar-refractivity contribution in [2.24, 2.45) is 5.73 Å². The van der Waals surface area contributed by atoms with E-state index in [1.165, 1.54) is 0 Å². The summed E-state index contributed by atoms with van der Waals surface area (Å²) in [5.74, 6) is -0.693. The Balaban J connectivity index is 0.00000180. The Morgan fingerprint density at radius 2 is 2.00 bits per heavy atom. The van der Waals surface area contributed by atoms with E-state index in [-0.39, 0.29) is 18.3 Å². The number of carbonyl (C=O) groups excluding carboxylic acids is 2. The second kappa shape index (κ2) is 7.08. The summed E-state index contributed by atoms with van der Waals surface area (Å²) in [7, 11) is 0. The molecule has 0 aliphatic carbocycles. The molecule has 104 valence electrons. The molecule has 1 aliphatic rings. The summed E-state index contributed by atoms with van der Waals surface area (Å²) in [4.78, 5) is 22.7. The van der Waals surface area contributed by atoms with Crippen LogP contribution in [0.5, 0.6) is 0 Å². The minimum Gasteiger partial charge on any atom is -0.366 e. The summed E-state index contributed by atoms with van der Waals surface area (Å²) in [6.07, 6.45) is -0.477. The average molecular weight is 286 g/mol. The Bertz CT molecular complexity index is 444. The molecule has 1 aromatic carbocycles. The molecule has 1 unspecified atom stereocenters. The van der Waals surface area contributed by atoms with Crippen LogP contribution in [0.25, 0.3) is 0 Å². The summed E-state index contributed by atoms with van der Waals surface area (Å²) in [6, 6.07) is 6.40. The number of nitrogens with two attached hydrogens (primary N) is 1. The molecule has 2 rings (SSSR count). The minimum absolute atomic E-state index is 0. The number of morpholine rings is 1. The molecule has 4 N–H and O–H groups in total. The normalized spacial score (nSPS) is 18.2. The predicted molar refractivity (Wildman–Crippen MR) is 73.4 cm³/mol. The van der Waals surface area contributed by atoms with Crippen molar-refractivity contribution in [3.63, 3.8) is 0 Å². The van der Waals surface area contributed by atoms with Crippen molar-refractivity contribution in [3.8, 4) is 0 Å². The highest BCUT2D eigenvalue weighted by Crippen LogP contribution is 2.10. The van der Waals surface area contributed by atoms with Gasteiger partial charge in [-0.25, -0.2) is 0 Å². The monoisotopic (exact) mass is 285 g/mol. The highest BCUT2D eigenvalue weighted by molar-refractivity contribution is 5.96. The third-order valence-electron chi connectivity index (χ3n) is 2.66. The molecule has 7 heteroatoms. The number of anilines is 1. The number of halogens is 1. The molecule has 1 saturated heterocycles. The molecular formula is C12H16ClN3O3. The van der Waals surface area contributed by atoms with Crippen LogP contribution in [0.15, 0.2) is 24.3 Å². The SMILES string of the molecule is Cl.NC(=O)c1ccc(NC(=O)C2CNCCO2)cc1. The van der Waals surface area contributed by atoms with E-state index in [1.807, 2.05) is 0 Å². The first-order chi connectivity index (χ1) is 8.66. The van der Waals surface area contributed by atoms with Gasteiger partial charge in [0.05, 0.1) is 6.61 Å². The average Bonchev–Trinajstić information content (AvgIpc) is 2.40.